The van der Waals surface area contributed by atoms with E-state index in [0.717, 1.165) is 22.9 Å². The molecule has 1 atom stereocenters. The minimum atomic E-state index is -0.826. The van der Waals surface area contributed by atoms with E-state index in [1.54, 1.807) is 37.4 Å². The molecule has 0 radical (unpaired) electrons. The number of hydrogen-bond acceptors (Lipinski definition) is 8. The van der Waals surface area contributed by atoms with Crippen LogP contribution < -0.4 is 15.0 Å². The molecule has 43 heavy (non-hydrogen) atoms. The van der Waals surface area contributed by atoms with Crippen LogP contribution in [0.2, 0.25) is 0 Å². The minimum Gasteiger partial charge on any atom is -0.479 e. The number of aryl methyl sites for hydroxylation is 1. The number of halogens is 1. The predicted molar refractivity (Wildman–Crippen MR) is 161 cm³/mol. The fraction of sp³-hybridized carbons (Fsp3) is 0.200. The summed E-state index contributed by atoms with van der Waals surface area (Å²) < 4.78 is 27.3. The number of benzene rings is 3. The minimum absolute atomic E-state index is 0.0537. The fourth-order valence-electron chi connectivity index (χ4n) is 4.32. The number of methoxy groups -OCH3 is 1. The second-order valence-corrected chi connectivity index (χ2v) is 10.4. The molecule has 0 aliphatic carbocycles. The maximum Gasteiger partial charge on any atom is 0.347 e. The molecule has 2 heterocycles. The first-order valence-electron chi connectivity index (χ1n) is 13.1. The highest BCUT2D eigenvalue weighted by molar-refractivity contribution is 8.15. The quantitative estimate of drug-likeness (QED) is 0.274. The highest BCUT2D eigenvalue weighted by Gasteiger charge is 2.33. The summed E-state index contributed by atoms with van der Waals surface area (Å²) in [6.45, 7) is 3.71. The second kappa shape index (κ2) is 12.8. The van der Waals surface area contributed by atoms with Gasteiger partial charge in [-0.1, -0.05) is 23.9 Å². The van der Waals surface area contributed by atoms with Gasteiger partial charge in [-0.2, -0.15) is 10.3 Å². The lowest BCUT2D eigenvalue weighted by molar-refractivity contribution is -0.115. The van der Waals surface area contributed by atoms with Crippen LogP contribution in [0.3, 0.4) is 0 Å². The molecular formula is C30H26FN7O4S. The normalized spacial score (nSPS) is 14.5. The Morgan fingerprint density at radius 3 is 2.72 bits per heavy atom. The SMILES string of the molecule is COC(C)c1ccc(C)cc1N1C(=O)CS/C1=N\C(=O)Nc1ccc(-c2ncn(-c3ccc(OCC#N)cc3)n2)cc1F. The molecule has 0 bridgehead atoms. The average molecular weight is 600 g/mol. The molecule has 0 saturated carbocycles. The Bertz CT molecular complexity index is 1750. The maximum absolute atomic E-state index is 15.1. The van der Waals surface area contributed by atoms with Crippen LogP contribution in [0.15, 0.2) is 72.0 Å². The summed E-state index contributed by atoms with van der Waals surface area (Å²) in [5.74, 6) is 0.00288. The van der Waals surface area contributed by atoms with E-state index in [-0.39, 0.29) is 41.1 Å². The molecule has 11 nitrogen and oxygen atoms in total. The number of nitrogens with zero attached hydrogens (tertiary/aromatic N) is 6. The van der Waals surface area contributed by atoms with E-state index in [2.05, 4.69) is 20.4 Å². The van der Waals surface area contributed by atoms with Crippen molar-refractivity contribution in [1.29, 1.82) is 5.26 Å². The summed E-state index contributed by atoms with van der Waals surface area (Å²) in [5.41, 5.74) is 3.29. The number of carbonyl (C=O) groups is 2. The highest BCUT2D eigenvalue weighted by Crippen LogP contribution is 2.34. The van der Waals surface area contributed by atoms with Crippen LogP contribution >= 0.6 is 11.8 Å². The summed E-state index contributed by atoms with van der Waals surface area (Å²) in [6.07, 6.45) is 1.19. The van der Waals surface area contributed by atoms with Crippen LogP contribution in [-0.2, 0) is 9.53 Å². The molecule has 1 aliphatic rings. The Hall–Kier alpha value is -5.06. The van der Waals surface area contributed by atoms with Gasteiger partial charge in [-0.15, -0.1) is 5.10 Å². The van der Waals surface area contributed by atoms with Crippen molar-refractivity contribution < 1.29 is 23.5 Å². The number of urea groups is 1. The third kappa shape index (κ3) is 6.56. The zero-order valence-electron chi connectivity index (χ0n) is 23.4. The Morgan fingerprint density at radius 2 is 2.00 bits per heavy atom. The van der Waals surface area contributed by atoms with Crippen molar-refractivity contribution in [2.24, 2.45) is 4.99 Å². The van der Waals surface area contributed by atoms with Gasteiger partial charge in [0, 0.05) is 18.2 Å². The molecule has 13 heteroatoms. The maximum atomic E-state index is 15.1. The second-order valence-electron chi connectivity index (χ2n) is 9.43. The lowest BCUT2D eigenvalue weighted by atomic mass is 10.0. The molecule has 3 aromatic carbocycles. The summed E-state index contributed by atoms with van der Waals surface area (Å²) in [4.78, 5) is 35.4. The number of rotatable bonds is 8. The number of hydrogen-bond donors (Lipinski definition) is 1. The van der Waals surface area contributed by atoms with Crippen molar-refractivity contribution in [3.63, 3.8) is 0 Å². The molecular weight excluding hydrogens is 573 g/mol. The Balaban J connectivity index is 1.31. The molecule has 4 aromatic rings. The Kier molecular flexibility index (Phi) is 8.79. The van der Waals surface area contributed by atoms with E-state index in [1.165, 1.54) is 28.0 Å². The van der Waals surface area contributed by atoms with Crippen molar-refractivity contribution in [2.75, 3.05) is 29.7 Å². The van der Waals surface area contributed by atoms with E-state index < -0.39 is 11.8 Å². The lowest BCUT2D eigenvalue weighted by Gasteiger charge is -2.23. The van der Waals surface area contributed by atoms with Gasteiger partial charge in [0.25, 0.3) is 0 Å². The van der Waals surface area contributed by atoms with Crippen LogP contribution in [0, 0.1) is 24.1 Å². The summed E-state index contributed by atoms with van der Waals surface area (Å²) in [7, 11) is 1.58. The van der Waals surface area contributed by atoms with E-state index in [4.69, 9.17) is 14.7 Å². The van der Waals surface area contributed by atoms with Crippen molar-refractivity contribution in [3.8, 4) is 28.9 Å². The van der Waals surface area contributed by atoms with Gasteiger partial charge >= 0.3 is 6.03 Å². The summed E-state index contributed by atoms with van der Waals surface area (Å²) in [6, 6.07) is 17.8. The van der Waals surface area contributed by atoms with E-state index >= 15 is 4.39 Å². The van der Waals surface area contributed by atoms with Crippen LogP contribution in [0.25, 0.3) is 17.1 Å². The van der Waals surface area contributed by atoms with Crippen LogP contribution in [0.4, 0.5) is 20.6 Å². The van der Waals surface area contributed by atoms with Gasteiger partial charge in [-0.05, 0) is 67.9 Å². The number of nitriles is 1. The monoisotopic (exact) mass is 599 g/mol. The van der Waals surface area contributed by atoms with Gasteiger partial charge in [-0.3, -0.25) is 9.69 Å². The molecule has 218 valence electrons. The van der Waals surface area contributed by atoms with Crippen molar-refractivity contribution in [3.05, 3.63) is 83.9 Å². The third-order valence-corrected chi connectivity index (χ3v) is 7.47. The number of aromatic nitrogens is 3. The third-order valence-electron chi connectivity index (χ3n) is 6.55. The first-order valence-corrected chi connectivity index (χ1v) is 14.1. The van der Waals surface area contributed by atoms with Crippen molar-refractivity contribution in [2.45, 2.75) is 20.0 Å². The zero-order valence-corrected chi connectivity index (χ0v) is 24.3. The van der Waals surface area contributed by atoms with Crippen LogP contribution in [-0.4, -0.2) is 51.3 Å². The molecule has 1 aliphatic heterocycles. The number of amidine groups is 1. The molecule has 0 spiro atoms. The Morgan fingerprint density at radius 1 is 1.21 bits per heavy atom. The number of thioether (sulfide) groups is 1. The van der Waals surface area contributed by atoms with Gasteiger partial charge in [0.2, 0.25) is 5.91 Å². The van der Waals surface area contributed by atoms with Gasteiger partial charge in [-0.25, -0.2) is 18.9 Å². The van der Waals surface area contributed by atoms with E-state index in [9.17, 15) is 9.59 Å². The number of amides is 3. The van der Waals surface area contributed by atoms with Crippen molar-refractivity contribution in [1.82, 2.24) is 14.8 Å². The molecule has 1 N–H and O–H groups in total. The molecule has 1 fully saturated rings. The van der Waals surface area contributed by atoms with Crippen LogP contribution in [0.1, 0.15) is 24.2 Å². The molecule has 1 saturated heterocycles. The molecule has 5 rings (SSSR count). The van der Waals surface area contributed by atoms with E-state index in [0.29, 0.717) is 22.7 Å². The first kappa shape index (κ1) is 29.4. The van der Waals surface area contributed by atoms with E-state index in [1.807, 2.05) is 38.1 Å². The van der Waals surface area contributed by atoms with Crippen LogP contribution in [0.5, 0.6) is 5.75 Å². The first-order chi connectivity index (χ1) is 20.8. The Labute approximate surface area is 251 Å². The number of ether oxygens (including phenoxy) is 2. The lowest BCUT2D eigenvalue weighted by Crippen LogP contribution is -2.31. The molecule has 1 aromatic heterocycles. The molecule has 3 amide bonds. The number of nitrogens with one attached hydrogen (secondary N) is 1. The predicted octanol–water partition coefficient (Wildman–Crippen LogP) is 5.66. The summed E-state index contributed by atoms with van der Waals surface area (Å²) in [5, 5.41) is 15.7. The number of carbonyl (C=O) groups excluding carboxylic acids is 2. The standard InChI is InChI=1S/C30H26FN7O4S/c1-18-4-10-23(19(2)41-3)26(14-18)38-27(39)16-43-30(38)35-29(40)34-25-11-5-20(15-24(25)31)28-33-17-37(36-28)21-6-8-22(9-7-21)42-13-12-32/h4-11,14-15,17,19H,13,16H2,1-3H3,(H,34,40)/b35-30-. The average Bonchev–Trinajstić information content (AvgIpc) is 3.64. The smallest absolute Gasteiger partial charge is 0.347 e. The topological polar surface area (TPSA) is 135 Å². The van der Waals surface area contributed by atoms with Gasteiger partial charge in [0.1, 0.15) is 24.0 Å². The zero-order chi connectivity index (χ0) is 30.5. The van der Waals surface area contributed by atoms with Crippen molar-refractivity contribution >= 4 is 40.2 Å². The number of aliphatic imine (C=N–C) groups is 1. The van der Waals surface area contributed by atoms with Gasteiger partial charge in [0.15, 0.2) is 17.6 Å². The fourth-order valence-corrected chi connectivity index (χ4v) is 5.17. The van der Waals surface area contributed by atoms with Gasteiger partial charge < -0.3 is 14.8 Å². The number of anilines is 2. The highest BCUT2D eigenvalue weighted by atomic mass is 32.2. The largest absolute Gasteiger partial charge is 0.479 e. The van der Waals surface area contributed by atoms with Gasteiger partial charge in [0.05, 0.1) is 28.9 Å². The summed E-state index contributed by atoms with van der Waals surface area (Å²) >= 11 is 1.13. The molecule has 1 unspecified atom stereocenters.